The molecule has 35 heavy (non-hydrogen) atoms. The van der Waals surface area contributed by atoms with Gasteiger partial charge in [-0.25, -0.2) is 4.98 Å². The monoisotopic (exact) mass is 468 g/mol. The number of nitrogens with one attached hydrogen (secondary N) is 2. The second kappa shape index (κ2) is 10.3. The summed E-state index contributed by atoms with van der Waals surface area (Å²) in [4.78, 5) is 43.5. The van der Waals surface area contributed by atoms with Gasteiger partial charge in [0.2, 0.25) is 11.8 Å². The van der Waals surface area contributed by atoms with E-state index in [1.807, 2.05) is 62.4 Å². The average Bonchev–Trinajstić information content (AvgIpc) is 2.85. The van der Waals surface area contributed by atoms with Gasteiger partial charge in [-0.2, -0.15) is 0 Å². The number of aromatic nitrogens is 2. The number of rotatable bonds is 7. The number of carbonyl (C=O) groups is 2. The highest BCUT2D eigenvalue weighted by molar-refractivity contribution is 5.96. The maximum absolute atomic E-state index is 13.7. The molecule has 0 aliphatic carbocycles. The van der Waals surface area contributed by atoms with Gasteiger partial charge in [0, 0.05) is 17.7 Å². The van der Waals surface area contributed by atoms with Crippen LogP contribution in [-0.2, 0) is 22.6 Å². The molecule has 0 radical (unpaired) electrons. The van der Waals surface area contributed by atoms with Crippen molar-refractivity contribution in [3.8, 4) is 11.3 Å². The van der Waals surface area contributed by atoms with Gasteiger partial charge in [0.25, 0.3) is 5.56 Å². The Hall–Kier alpha value is -4.26. The minimum absolute atomic E-state index is 0.158. The predicted octanol–water partition coefficient (Wildman–Crippen LogP) is 4.92. The lowest BCUT2D eigenvalue weighted by molar-refractivity contribution is -0.117. The summed E-state index contributed by atoms with van der Waals surface area (Å²) in [5.74, 6) is -0.476. The first-order chi connectivity index (χ1) is 16.9. The van der Waals surface area contributed by atoms with Gasteiger partial charge >= 0.3 is 0 Å². The fraction of sp³-hybridized carbons (Fsp3) is 0.214. The molecule has 0 unspecified atom stereocenters. The van der Waals surface area contributed by atoms with Crippen LogP contribution in [0.4, 0.5) is 11.4 Å². The summed E-state index contributed by atoms with van der Waals surface area (Å²) in [7, 11) is 0. The summed E-state index contributed by atoms with van der Waals surface area (Å²) in [6.07, 6.45) is 1.07. The lowest BCUT2D eigenvalue weighted by atomic mass is 10.0. The maximum atomic E-state index is 13.7. The third-order valence-electron chi connectivity index (χ3n) is 5.80. The first kappa shape index (κ1) is 23.9. The van der Waals surface area contributed by atoms with Crippen molar-refractivity contribution in [2.45, 2.75) is 40.2 Å². The number of aryl methyl sites for hydroxylation is 2. The Morgan fingerprint density at radius 3 is 2.46 bits per heavy atom. The molecule has 0 spiro atoms. The lowest BCUT2D eigenvalue weighted by Gasteiger charge is -2.15. The quantitative estimate of drug-likeness (QED) is 0.403. The molecule has 0 atom stereocenters. The Morgan fingerprint density at radius 2 is 1.71 bits per heavy atom. The van der Waals surface area contributed by atoms with E-state index in [4.69, 9.17) is 0 Å². The summed E-state index contributed by atoms with van der Waals surface area (Å²) in [6, 6.07) is 20.3. The van der Waals surface area contributed by atoms with Crippen LogP contribution in [0, 0.1) is 6.92 Å². The van der Waals surface area contributed by atoms with E-state index >= 15 is 0 Å². The van der Waals surface area contributed by atoms with E-state index in [-0.39, 0.29) is 24.1 Å². The molecule has 4 aromatic rings. The first-order valence-electron chi connectivity index (χ1n) is 11.7. The number of carbonyl (C=O) groups excluding carboxylic acids is 2. The number of fused-ring (bicyclic) bond motifs is 1. The average molecular weight is 469 g/mol. The third-order valence-corrected chi connectivity index (χ3v) is 5.80. The Bertz CT molecular complexity index is 1470. The molecule has 0 saturated carbocycles. The van der Waals surface area contributed by atoms with Gasteiger partial charge < -0.3 is 10.6 Å². The van der Waals surface area contributed by atoms with Crippen molar-refractivity contribution in [3.63, 3.8) is 0 Å². The molecule has 0 saturated heterocycles. The van der Waals surface area contributed by atoms with E-state index in [1.165, 1.54) is 4.57 Å². The minimum Gasteiger partial charge on any atom is -0.325 e. The molecule has 7 nitrogen and oxygen atoms in total. The summed E-state index contributed by atoms with van der Waals surface area (Å²) < 4.78 is 1.44. The van der Waals surface area contributed by atoms with Crippen molar-refractivity contribution >= 4 is 34.2 Å². The molecule has 0 fully saturated rings. The first-order valence-corrected chi connectivity index (χ1v) is 11.7. The largest absolute Gasteiger partial charge is 0.325 e. The highest BCUT2D eigenvalue weighted by Gasteiger charge is 2.19. The van der Waals surface area contributed by atoms with Crippen molar-refractivity contribution in [1.82, 2.24) is 9.55 Å². The van der Waals surface area contributed by atoms with Crippen LogP contribution in [0.3, 0.4) is 0 Å². The second-order valence-electron chi connectivity index (χ2n) is 8.39. The zero-order valence-electron chi connectivity index (χ0n) is 20.1. The Morgan fingerprint density at radius 1 is 0.914 bits per heavy atom. The molecule has 2 N–H and O–H groups in total. The van der Waals surface area contributed by atoms with Crippen LogP contribution in [0.1, 0.15) is 31.4 Å². The number of anilines is 2. The molecule has 4 rings (SSSR count). The van der Waals surface area contributed by atoms with Crippen LogP contribution in [0.25, 0.3) is 22.3 Å². The Labute approximate surface area is 203 Å². The van der Waals surface area contributed by atoms with Crippen molar-refractivity contribution in [3.05, 3.63) is 88.2 Å². The van der Waals surface area contributed by atoms with Crippen LogP contribution in [0.2, 0.25) is 0 Å². The number of hydrogen-bond acceptors (Lipinski definition) is 4. The SMILES string of the molecule is CCC(=O)Nc1ccc(CC)cc1-c1nc2ccccc2n(CC(=O)Nc2cccc(C)c2)c1=O. The summed E-state index contributed by atoms with van der Waals surface area (Å²) in [5.41, 5.74) is 4.69. The molecular weight excluding hydrogens is 440 g/mol. The standard InChI is InChI=1S/C28H28N4O3/c1-4-19-13-14-22(30-25(33)5-2)21(16-19)27-28(35)32(24-12-7-6-11-23(24)31-27)17-26(34)29-20-10-8-9-18(3)15-20/h6-16H,4-5,17H2,1-3H3,(H,29,34)(H,30,33). The smallest absolute Gasteiger partial charge is 0.278 e. The van der Waals surface area contributed by atoms with Crippen molar-refractivity contribution in [2.75, 3.05) is 10.6 Å². The lowest BCUT2D eigenvalue weighted by Crippen LogP contribution is -2.30. The van der Waals surface area contributed by atoms with Crippen LogP contribution >= 0.6 is 0 Å². The highest BCUT2D eigenvalue weighted by atomic mass is 16.2. The Kier molecular flexibility index (Phi) is 7.06. The normalized spacial score (nSPS) is 10.8. The van der Waals surface area contributed by atoms with Crippen molar-refractivity contribution in [2.24, 2.45) is 0 Å². The van der Waals surface area contributed by atoms with Gasteiger partial charge in [0.1, 0.15) is 12.2 Å². The number of benzene rings is 3. The molecule has 1 heterocycles. The van der Waals surface area contributed by atoms with Gasteiger partial charge in [-0.3, -0.25) is 19.0 Å². The predicted molar refractivity (Wildman–Crippen MR) is 140 cm³/mol. The zero-order valence-corrected chi connectivity index (χ0v) is 20.1. The van der Waals surface area contributed by atoms with Gasteiger partial charge in [-0.05, 0) is 60.9 Å². The fourth-order valence-corrected chi connectivity index (χ4v) is 3.95. The van der Waals surface area contributed by atoms with Gasteiger partial charge in [0.05, 0.1) is 16.7 Å². The van der Waals surface area contributed by atoms with E-state index < -0.39 is 5.56 Å². The summed E-state index contributed by atoms with van der Waals surface area (Å²) in [5, 5.41) is 5.75. The fourth-order valence-electron chi connectivity index (χ4n) is 3.95. The Balaban J connectivity index is 1.83. The molecule has 0 aliphatic heterocycles. The van der Waals surface area contributed by atoms with E-state index in [9.17, 15) is 14.4 Å². The van der Waals surface area contributed by atoms with E-state index in [1.54, 1.807) is 25.1 Å². The third kappa shape index (κ3) is 5.30. The number of nitrogens with zero attached hydrogens (tertiary/aromatic N) is 2. The molecule has 2 amide bonds. The second-order valence-corrected chi connectivity index (χ2v) is 8.39. The van der Waals surface area contributed by atoms with Crippen molar-refractivity contribution < 1.29 is 9.59 Å². The molecule has 0 bridgehead atoms. The van der Waals surface area contributed by atoms with Crippen molar-refractivity contribution in [1.29, 1.82) is 0 Å². The zero-order chi connectivity index (χ0) is 24.9. The number of hydrogen-bond donors (Lipinski definition) is 2. The molecule has 7 heteroatoms. The van der Waals surface area contributed by atoms with Crippen LogP contribution in [0.5, 0.6) is 0 Å². The number of amides is 2. The topological polar surface area (TPSA) is 93.1 Å². The number of para-hydroxylation sites is 2. The molecule has 1 aromatic heterocycles. The molecule has 0 aliphatic rings. The van der Waals surface area contributed by atoms with Crippen LogP contribution in [-0.4, -0.2) is 21.4 Å². The van der Waals surface area contributed by atoms with Crippen LogP contribution in [0.15, 0.2) is 71.5 Å². The molecular formula is C28H28N4O3. The van der Waals surface area contributed by atoms with Gasteiger partial charge in [0.15, 0.2) is 0 Å². The van der Waals surface area contributed by atoms with E-state index in [0.717, 1.165) is 17.5 Å². The minimum atomic E-state index is -0.400. The highest BCUT2D eigenvalue weighted by Crippen LogP contribution is 2.28. The molecule has 178 valence electrons. The summed E-state index contributed by atoms with van der Waals surface area (Å²) >= 11 is 0. The molecule has 3 aromatic carbocycles. The van der Waals surface area contributed by atoms with E-state index in [0.29, 0.717) is 34.4 Å². The van der Waals surface area contributed by atoms with Crippen LogP contribution < -0.4 is 16.2 Å². The van der Waals surface area contributed by atoms with Gasteiger partial charge in [-0.15, -0.1) is 0 Å². The van der Waals surface area contributed by atoms with Gasteiger partial charge in [-0.1, -0.05) is 44.2 Å². The summed E-state index contributed by atoms with van der Waals surface area (Å²) in [6.45, 7) is 5.56. The van der Waals surface area contributed by atoms with E-state index in [2.05, 4.69) is 15.6 Å². The maximum Gasteiger partial charge on any atom is 0.278 e.